The lowest BCUT2D eigenvalue weighted by Crippen LogP contribution is -2.36. The summed E-state index contributed by atoms with van der Waals surface area (Å²) in [6, 6.07) is 1.89. The van der Waals surface area contributed by atoms with Gasteiger partial charge in [-0.05, 0) is 18.9 Å². The third-order valence-electron chi connectivity index (χ3n) is 3.11. The lowest BCUT2D eigenvalue weighted by Gasteiger charge is -2.29. The van der Waals surface area contributed by atoms with Crippen LogP contribution in [0.3, 0.4) is 0 Å². The molecule has 88 valence electrons. The number of rotatable bonds is 1. The highest BCUT2D eigenvalue weighted by molar-refractivity contribution is 5.77. The van der Waals surface area contributed by atoms with Crippen molar-refractivity contribution in [1.82, 2.24) is 15.0 Å². The quantitative estimate of drug-likeness (QED) is 0.791. The molecule has 0 atom stereocenters. The third-order valence-corrected chi connectivity index (χ3v) is 3.11. The van der Waals surface area contributed by atoms with Gasteiger partial charge >= 0.3 is 0 Å². The molecule has 0 spiro atoms. The summed E-state index contributed by atoms with van der Waals surface area (Å²) in [6.07, 6.45) is 6.71. The van der Waals surface area contributed by atoms with Crippen molar-refractivity contribution < 1.29 is 5.11 Å². The molecule has 0 saturated carbocycles. The van der Waals surface area contributed by atoms with E-state index in [0.29, 0.717) is 0 Å². The monoisotopic (exact) mass is 230 g/mol. The highest BCUT2D eigenvalue weighted by Gasteiger charge is 2.19. The summed E-state index contributed by atoms with van der Waals surface area (Å²) in [5.74, 6) is 0.746. The van der Waals surface area contributed by atoms with Crippen LogP contribution in [0, 0.1) is 0 Å². The second-order valence-electron chi connectivity index (χ2n) is 4.32. The zero-order chi connectivity index (χ0) is 11.7. The van der Waals surface area contributed by atoms with Crippen molar-refractivity contribution in [2.75, 3.05) is 18.0 Å². The number of hydrogen-bond donors (Lipinski definition) is 1. The van der Waals surface area contributed by atoms with E-state index in [-0.39, 0.29) is 6.10 Å². The number of anilines is 1. The smallest absolute Gasteiger partial charge is 0.225 e. The van der Waals surface area contributed by atoms with Crippen LogP contribution in [0.1, 0.15) is 12.8 Å². The highest BCUT2D eigenvalue weighted by atomic mass is 16.3. The molecule has 1 N–H and O–H groups in total. The number of aliphatic hydroxyl groups excluding tert-OH is 1. The van der Waals surface area contributed by atoms with Gasteiger partial charge in [0.25, 0.3) is 0 Å². The van der Waals surface area contributed by atoms with Crippen LogP contribution < -0.4 is 4.90 Å². The molecule has 0 unspecified atom stereocenters. The second kappa shape index (κ2) is 4.25. The Morgan fingerprint density at radius 2 is 2.06 bits per heavy atom. The molecule has 1 aliphatic rings. The summed E-state index contributed by atoms with van der Waals surface area (Å²) >= 11 is 0. The molecule has 5 nitrogen and oxygen atoms in total. The highest BCUT2D eigenvalue weighted by Crippen LogP contribution is 2.18. The first-order valence-electron chi connectivity index (χ1n) is 5.83. The van der Waals surface area contributed by atoms with Gasteiger partial charge in [0.05, 0.1) is 11.6 Å². The van der Waals surface area contributed by atoms with Gasteiger partial charge < -0.3 is 10.0 Å². The Morgan fingerprint density at radius 3 is 2.88 bits per heavy atom. The Hall–Kier alpha value is -1.75. The van der Waals surface area contributed by atoms with E-state index in [1.54, 1.807) is 18.6 Å². The van der Waals surface area contributed by atoms with E-state index < -0.39 is 0 Å². The number of hydrogen-bond acceptors (Lipinski definition) is 5. The summed E-state index contributed by atoms with van der Waals surface area (Å²) in [7, 11) is 0. The Kier molecular flexibility index (Phi) is 2.60. The van der Waals surface area contributed by atoms with Gasteiger partial charge in [0.1, 0.15) is 0 Å². The van der Waals surface area contributed by atoms with Gasteiger partial charge in [-0.2, -0.15) is 0 Å². The molecule has 3 heterocycles. The normalized spacial score (nSPS) is 17.6. The fourth-order valence-electron chi connectivity index (χ4n) is 2.08. The number of nitrogens with zero attached hydrogens (tertiary/aromatic N) is 4. The molecule has 2 aromatic rings. The first-order chi connectivity index (χ1) is 8.33. The molecule has 1 fully saturated rings. The van der Waals surface area contributed by atoms with Crippen molar-refractivity contribution in [3.63, 3.8) is 0 Å². The fraction of sp³-hybridized carbons (Fsp3) is 0.417. The molecule has 0 amide bonds. The first-order valence-corrected chi connectivity index (χ1v) is 5.83. The summed E-state index contributed by atoms with van der Waals surface area (Å²) in [5.41, 5.74) is 0.913. The van der Waals surface area contributed by atoms with Crippen LogP contribution in [-0.4, -0.2) is 39.3 Å². The van der Waals surface area contributed by atoms with Crippen molar-refractivity contribution in [3.05, 3.63) is 24.7 Å². The standard InChI is InChI=1S/C12H14N4O/c17-10-2-5-16(6-3-10)12-14-8-9-7-13-4-1-11(9)15-12/h1,4,7-8,10,17H,2-3,5-6H2. The first kappa shape index (κ1) is 10.4. The summed E-state index contributed by atoms with van der Waals surface area (Å²) < 4.78 is 0. The minimum atomic E-state index is -0.170. The van der Waals surface area contributed by atoms with E-state index in [1.807, 2.05) is 6.07 Å². The largest absolute Gasteiger partial charge is 0.393 e. The van der Waals surface area contributed by atoms with Gasteiger partial charge in [0.15, 0.2) is 0 Å². The maximum Gasteiger partial charge on any atom is 0.225 e. The summed E-state index contributed by atoms with van der Waals surface area (Å²) in [4.78, 5) is 15.0. The Balaban J connectivity index is 1.90. The molecular weight excluding hydrogens is 216 g/mol. The van der Waals surface area contributed by atoms with Gasteiger partial charge in [-0.3, -0.25) is 4.98 Å². The van der Waals surface area contributed by atoms with Crippen molar-refractivity contribution in [2.45, 2.75) is 18.9 Å². The summed E-state index contributed by atoms with van der Waals surface area (Å²) in [6.45, 7) is 1.63. The van der Waals surface area contributed by atoms with Crippen molar-refractivity contribution in [3.8, 4) is 0 Å². The molecule has 17 heavy (non-hydrogen) atoms. The molecule has 1 aliphatic heterocycles. The van der Waals surface area contributed by atoms with Gasteiger partial charge in [-0.1, -0.05) is 0 Å². The van der Waals surface area contributed by atoms with E-state index in [2.05, 4.69) is 19.9 Å². The lowest BCUT2D eigenvalue weighted by atomic mass is 10.1. The predicted octanol–water partition coefficient (Wildman–Crippen LogP) is 0.986. The van der Waals surface area contributed by atoms with Crippen molar-refractivity contribution in [1.29, 1.82) is 0 Å². The third kappa shape index (κ3) is 2.06. The van der Waals surface area contributed by atoms with Crippen LogP contribution in [0.4, 0.5) is 5.95 Å². The van der Waals surface area contributed by atoms with Gasteiger partial charge in [-0.25, -0.2) is 9.97 Å². The van der Waals surface area contributed by atoms with Gasteiger partial charge in [0.2, 0.25) is 5.95 Å². The van der Waals surface area contributed by atoms with Crippen LogP contribution >= 0.6 is 0 Å². The number of piperidine rings is 1. The molecule has 5 heteroatoms. The minimum Gasteiger partial charge on any atom is -0.393 e. The van der Waals surface area contributed by atoms with Crippen molar-refractivity contribution in [2.24, 2.45) is 0 Å². The maximum atomic E-state index is 9.47. The molecule has 0 aliphatic carbocycles. The summed E-state index contributed by atoms with van der Waals surface area (Å²) in [5, 5.41) is 10.4. The van der Waals surface area contributed by atoms with Crippen LogP contribution in [0.2, 0.25) is 0 Å². The van der Waals surface area contributed by atoms with Crippen molar-refractivity contribution >= 4 is 16.9 Å². The van der Waals surface area contributed by atoms with E-state index in [0.717, 1.165) is 42.8 Å². The number of aromatic nitrogens is 3. The minimum absolute atomic E-state index is 0.170. The maximum absolute atomic E-state index is 9.47. The Bertz CT molecular complexity index is 523. The second-order valence-corrected chi connectivity index (χ2v) is 4.32. The molecule has 0 radical (unpaired) electrons. The average molecular weight is 230 g/mol. The number of fused-ring (bicyclic) bond motifs is 1. The topological polar surface area (TPSA) is 62.1 Å². The van der Waals surface area contributed by atoms with E-state index in [4.69, 9.17) is 0 Å². The average Bonchev–Trinajstić information content (AvgIpc) is 2.39. The number of pyridine rings is 1. The predicted molar refractivity (Wildman–Crippen MR) is 64.8 cm³/mol. The van der Waals surface area contributed by atoms with Crippen LogP contribution in [-0.2, 0) is 0 Å². The molecule has 0 aromatic carbocycles. The Labute approximate surface area is 99.1 Å². The molecule has 2 aromatic heterocycles. The zero-order valence-electron chi connectivity index (χ0n) is 9.45. The van der Waals surface area contributed by atoms with Gasteiger partial charge in [0, 0.05) is 37.1 Å². The molecule has 3 rings (SSSR count). The lowest BCUT2D eigenvalue weighted by molar-refractivity contribution is 0.145. The molecular formula is C12H14N4O. The SMILES string of the molecule is OC1CCN(c2ncc3cnccc3n2)CC1. The van der Waals surface area contributed by atoms with E-state index >= 15 is 0 Å². The number of aliphatic hydroxyl groups is 1. The molecule has 1 saturated heterocycles. The van der Waals surface area contributed by atoms with Crippen LogP contribution in [0.15, 0.2) is 24.7 Å². The van der Waals surface area contributed by atoms with Gasteiger partial charge in [-0.15, -0.1) is 0 Å². The fourth-order valence-corrected chi connectivity index (χ4v) is 2.08. The Morgan fingerprint density at radius 1 is 1.24 bits per heavy atom. The zero-order valence-corrected chi connectivity index (χ0v) is 9.45. The van der Waals surface area contributed by atoms with E-state index in [9.17, 15) is 5.11 Å². The molecule has 0 bridgehead atoms. The van der Waals surface area contributed by atoms with E-state index in [1.165, 1.54) is 0 Å². The van der Waals surface area contributed by atoms with Crippen LogP contribution in [0.25, 0.3) is 10.9 Å². The van der Waals surface area contributed by atoms with Crippen LogP contribution in [0.5, 0.6) is 0 Å².